The van der Waals surface area contributed by atoms with Crippen molar-refractivity contribution in [1.82, 2.24) is 4.31 Å². The molecule has 9 heteroatoms. The number of hydrogen-bond donors (Lipinski definition) is 1. The highest BCUT2D eigenvalue weighted by atomic mass is 35.5. The molecular formula is C23H22Cl2N2O4S. The smallest absolute Gasteiger partial charge is 0.247 e. The van der Waals surface area contributed by atoms with Gasteiger partial charge in [-0.1, -0.05) is 53.5 Å². The van der Waals surface area contributed by atoms with E-state index in [0.717, 1.165) is 15.4 Å². The predicted octanol–water partition coefficient (Wildman–Crippen LogP) is 5.14. The van der Waals surface area contributed by atoms with Gasteiger partial charge in [0.05, 0.1) is 13.7 Å². The van der Waals surface area contributed by atoms with Crippen LogP contribution in [0.1, 0.15) is 11.1 Å². The molecule has 0 radical (unpaired) electrons. The summed E-state index contributed by atoms with van der Waals surface area (Å²) in [4.78, 5) is 12.7. The Balaban J connectivity index is 1.95. The van der Waals surface area contributed by atoms with Gasteiger partial charge in [-0.15, -0.1) is 0 Å². The van der Waals surface area contributed by atoms with Crippen LogP contribution in [0.2, 0.25) is 10.0 Å². The van der Waals surface area contributed by atoms with Crippen LogP contribution in [0.3, 0.4) is 0 Å². The quantitative estimate of drug-likeness (QED) is 0.472. The van der Waals surface area contributed by atoms with E-state index in [9.17, 15) is 13.2 Å². The van der Waals surface area contributed by atoms with E-state index < -0.39 is 22.5 Å². The van der Waals surface area contributed by atoms with Crippen molar-refractivity contribution in [2.45, 2.75) is 18.4 Å². The first-order valence-electron chi connectivity index (χ1n) is 9.64. The second-order valence-corrected chi connectivity index (χ2v) is 9.84. The van der Waals surface area contributed by atoms with Crippen molar-refractivity contribution in [3.05, 3.63) is 87.9 Å². The minimum atomic E-state index is -4.13. The Bertz CT molecular complexity index is 1220. The molecule has 0 atom stereocenters. The number of benzene rings is 3. The maximum absolute atomic E-state index is 13.6. The van der Waals surface area contributed by atoms with E-state index in [0.29, 0.717) is 10.7 Å². The summed E-state index contributed by atoms with van der Waals surface area (Å²) in [7, 11) is -2.75. The monoisotopic (exact) mass is 492 g/mol. The number of carbonyl (C=O) groups is 1. The van der Waals surface area contributed by atoms with Crippen molar-refractivity contribution in [3.63, 3.8) is 0 Å². The van der Waals surface area contributed by atoms with Crippen molar-refractivity contribution in [3.8, 4) is 5.75 Å². The number of methoxy groups -OCH3 is 1. The molecule has 0 bridgehead atoms. The molecule has 32 heavy (non-hydrogen) atoms. The van der Waals surface area contributed by atoms with E-state index in [-0.39, 0.29) is 22.2 Å². The topological polar surface area (TPSA) is 75.7 Å². The fraction of sp³-hybridized carbons (Fsp3) is 0.174. The Labute approximate surface area is 197 Å². The van der Waals surface area contributed by atoms with Crippen molar-refractivity contribution < 1.29 is 17.9 Å². The second-order valence-electron chi connectivity index (χ2n) is 7.06. The molecule has 0 saturated heterocycles. The molecule has 0 aliphatic carbocycles. The minimum Gasteiger partial charge on any atom is -0.495 e. The van der Waals surface area contributed by atoms with Gasteiger partial charge in [-0.2, -0.15) is 4.31 Å². The van der Waals surface area contributed by atoms with Crippen molar-refractivity contribution in [2.24, 2.45) is 0 Å². The van der Waals surface area contributed by atoms with Crippen molar-refractivity contribution in [2.75, 3.05) is 19.0 Å². The standard InChI is InChI=1S/C23H22Cl2N2O4S/c1-16-12-18(24)8-10-20(16)26-23(28)15-27(14-17-6-4-3-5-7-17)32(29,30)22-13-19(25)9-11-21(22)31-2/h3-13H,14-15H2,1-2H3,(H,26,28). The van der Waals surface area contributed by atoms with Gasteiger partial charge in [0.25, 0.3) is 0 Å². The maximum Gasteiger partial charge on any atom is 0.247 e. The number of rotatable bonds is 8. The number of anilines is 1. The van der Waals surface area contributed by atoms with Crippen LogP contribution < -0.4 is 10.1 Å². The zero-order chi connectivity index (χ0) is 23.3. The van der Waals surface area contributed by atoms with Gasteiger partial charge >= 0.3 is 0 Å². The molecule has 0 fully saturated rings. The van der Waals surface area contributed by atoms with E-state index in [1.54, 1.807) is 49.4 Å². The van der Waals surface area contributed by atoms with Crippen LogP contribution in [-0.4, -0.2) is 32.3 Å². The molecule has 3 rings (SSSR count). The summed E-state index contributed by atoms with van der Waals surface area (Å²) in [5, 5.41) is 3.54. The Morgan fingerprint density at radius 2 is 1.66 bits per heavy atom. The molecule has 6 nitrogen and oxygen atoms in total. The van der Waals surface area contributed by atoms with Crippen LogP contribution in [0.5, 0.6) is 5.75 Å². The molecule has 0 unspecified atom stereocenters. The van der Waals surface area contributed by atoms with Gasteiger partial charge in [0.1, 0.15) is 10.6 Å². The lowest BCUT2D eigenvalue weighted by molar-refractivity contribution is -0.116. The van der Waals surface area contributed by atoms with E-state index >= 15 is 0 Å². The molecule has 3 aromatic carbocycles. The number of nitrogens with one attached hydrogen (secondary N) is 1. The summed E-state index contributed by atoms with van der Waals surface area (Å²) in [5.74, 6) is -0.350. The molecule has 0 aliphatic heterocycles. The molecule has 0 saturated carbocycles. The predicted molar refractivity (Wildman–Crippen MR) is 127 cm³/mol. The van der Waals surface area contributed by atoms with Crippen LogP contribution >= 0.6 is 23.2 Å². The highest BCUT2D eigenvalue weighted by molar-refractivity contribution is 7.89. The number of hydrogen-bond acceptors (Lipinski definition) is 4. The van der Waals surface area contributed by atoms with Crippen LogP contribution in [0.15, 0.2) is 71.6 Å². The molecule has 0 heterocycles. The second kappa shape index (κ2) is 10.4. The summed E-state index contributed by atoms with van der Waals surface area (Å²) in [6.45, 7) is 1.39. The fourth-order valence-corrected chi connectivity index (χ4v) is 5.15. The molecule has 1 N–H and O–H groups in total. The maximum atomic E-state index is 13.6. The lowest BCUT2D eigenvalue weighted by atomic mass is 10.2. The van der Waals surface area contributed by atoms with Gasteiger partial charge in [0.15, 0.2) is 0 Å². The SMILES string of the molecule is COc1ccc(Cl)cc1S(=O)(=O)N(CC(=O)Nc1ccc(Cl)cc1C)Cc1ccccc1. The van der Waals surface area contributed by atoms with Gasteiger partial charge in [-0.05, 0) is 54.4 Å². The summed E-state index contributed by atoms with van der Waals surface area (Å²) in [5.41, 5.74) is 2.05. The van der Waals surface area contributed by atoms with Crippen molar-refractivity contribution >= 4 is 44.8 Å². The molecule has 0 aliphatic rings. The first kappa shape index (κ1) is 24.1. The summed E-state index contributed by atoms with van der Waals surface area (Å²) < 4.78 is 33.4. The molecule has 0 spiro atoms. The molecular weight excluding hydrogens is 471 g/mol. The first-order chi connectivity index (χ1) is 15.2. The largest absolute Gasteiger partial charge is 0.495 e. The Hall–Kier alpha value is -2.58. The normalized spacial score (nSPS) is 11.4. The molecule has 168 valence electrons. The minimum absolute atomic E-state index is 0.00807. The van der Waals surface area contributed by atoms with E-state index in [2.05, 4.69) is 5.32 Å². The lowest BCUT2D eigenvalue weighted by Gasteiger charge is -2.23. The third kappa shape index (κ3) is 5.81. The van der Waals surface area contributed by atoms with Gasteiger partial charge in [0.2, 0.25) is 15.9 Å². The molecule has 1 amide bonds. The molecule has 3 aromatic rings. The number of halogens is 2. The van der Waals surface area contributed by atoms with Crippen LogP contribution in [0.25, 0.3) is 0 Å². The van der Waals surface area contributed by atoms with Gasteiger partial charge in [0, 0.05) is 22.3 Å². The van der Waals surface area contributed by atoms with Gasteiger partial charge in [-0.25, -0.2) is 8.42 Å². The Morgan fingerprint density at radius 3 is 2.31 bits per heavy atom. The highest BCUT2D eigenvalue weighted by Gasteiger charge is 2.30. The summed E-state index contributed by atoms with van der Waals surface area (Å²) in [6, 6.07) is 18.4. The average molecular weight is 493 g/mol. The third-order valence-electron chi connectivity index (χ3n) is 4.73. The van der Waals surface area contributed by atoms with E-state index in [1.807, 2.05) is 6.07 Å². The number of sulfonamides is 1. The highest BCUT2D eigenvalue weighted by Crippen LogP contribution is 2.30. The zero-order valence-electron chi connectivity index (χ0n) is 17.5. The summed E-state index contributed by atoms with van der Waals surface area (Å²) >= 11 is 12.0. The average Bonchev–Trinajstić information content (AvgIpc) is 2.76. The Morgan fingerprint density at radius 1 is 1.00 bits per heavy atom. The van der Waals surface area contributed by atoms with E-state index in [4.69, 9.17) is 27.9 Å². The zero-order valence-corrected chi connectivity index (χ0v) is 19.8. The van der Waals surface area contributed by atoms with E-state index in [1.165, 1.54) is 25.3 Å². The molecule has 0 aromatic heterocycles. The fourth-order valence-electron chi connectivity index (χ4n) is 3.12. The number of carbonyl (C=O) groups excluding carboxylic acids is 1. The Kier molecular flexibility index (Phi) is 7.79. The number of aryl methyl sites for hydroxylation is 1. The van der Waals surface area contributed by atoms with Gasteiger partial charge < -0.3 is 10.1 Å². The number of ether oxygens (including phenoxy) is 1. The summed E-state index contributed by atoms with van der Waals surface area (Å²) in [6.07, 6.45) is 0. The first-order valence-corrected chi connectivity index (χ1v) is 11.8. The third-order valence-corrected chi connectivity index (χ3v) is 7.01. The van der Waals surface area contributed by atoms with Crippen LogP contribution in [-0.2, 0) is 21.4 Å². The van der Waals surface area contributed by atoms with Crippen LogP contribution in [0.4, 0.5) is 5.69 Å². The van der Waals surface area contributed by atoms with Gasteiger partial charge in [-0.3, -0.25) is 4.79 Å². The van der Waals surface area contributed by atoms with Crippen LogP contribution in [0, 0.1) is 6.92 Å². The van der Waals surface area contributed by atoms with Crippen molar-refractivity contribution in [1.29, 1.82) is 0 Å². The lowest BCUT2D eigenvalue weighted by Crippen LogP contribution is -2.37. The number of amides is 1. The number of nitrogens with zero attached hydrogens (tertiary/aromatic N) is 1.